The maximum absolute atomic E-state index is 12.3. The molecule has 1 amide bonds. The first-order valence-corrected chi connectivity index (χ1v) is 8.12. The number of nitrogens with zero attached hydrogens (tertiary/aromatic N) is 2. The van der Waals surface area contributed by atoms with E-state index in [0.717, 1.165) is 38.5 Å². The minimum Gasteiger partial charge on any atom is -0.396 e. The summed E-state index contributed by atoms with van der Waals surface area (Å²) in [4.78, 5) is 16.4. The molecule has 3 atom stereocenters. The van der Waals surface area contributed by atoms with Gasteiger partial charge in [-0.3, -0.25) is 4.79 Å². The van der Waals surface area contributed by atoms with Gasteiger partial charge in [-0.15, -0.1) is 0 Å². The summed E-state index contributed by atoms with van der Waals surface area (Å²) in [5.41, 5.74) is 0. The van der Waals surface area contributed by atoms with E-state index in [1.165, 1.54) is 0 Å². The van der Waals surface area contributed by atoms with E-state index >= 15 is 0 Å². The number of hydrogen-bond donors (Lipinski definition) is 2. The van der Waals surface area contributed by atoms with E-state index in [0.29, 0.717) is 6.42 Å². The molecule has 118 valence electrons. The lowest BCUT2D eigenvalue weighted by atomic mass is 9.85. The van der Waals surface area contributed by atoms with Crippen molar-refractivity contribution >= 4 is 5.91 Å². The van der Waals surface area contributed by atoms with Crippen LogP contribution in [0.3, 0.4) is 0 Å². The quantitative estimate of drug-likeness (QED) is 0.810. The molecule has 5 heteroatoms. The van der Waals surface area contributed by atoms with Crippen molar-refractivity contribution in [2.24, 2.45) is 5.92 Å². The summed E-state index contributed by atoms with van der Waals surface area (Å²) >= 11 is 0. The van der Waals surface area contributed by atoms with Crippen LogP contribution < -0.4 is 5.32 Å². The average molecular weight is 293 g/mol. The lowest BCUT2D eigenvalue weighted by Crippen LogP contribution is -2.44. The van der Waals surface area contributed by atoms with Gasteiger partial charge in [0, 0.05) is 43.4 Å². The largest absolute Gasteiger partial charge is 0.396 e. The van der Waals surface area contributed by atoms with Crippen molar-refractivity contribution in [1.29, 1.82) is 0 Å². The van der Waals surface area contributed by atoms with Gasteiger partial charge in [-0.25, -0.2) is 4.98 Å². The summed E-state index contributed by atoms with van der Waals surface area (Å²) in [6.07, 6.45) is 12.3. The van der Waals surface area contributed by atoms with Crippen molar-refractivity contribution in [3.05, 3.63) is 18.7 Å². The van der Waals surface area contributed by atoms with Crippen LogP contribution in [0.1, 0.15) is 57.9 Å². The molecule has 3 unspecified atom stereocenters. The van der Waals surface area contributed by atoms with Gasteiger partial charge in [-0.05, 0) is 19.3 Å². The molecule has 0 aromatic carbocycles. The number of aliphatic hydroxyl groups excluding tert-OH is 1. The molecule has 2 rings (SSSR count). The van der Waals surface area contributed by atoms with Crippen LogP contribution in [-0.2, 0) is 4.79 Å². The summed E-state index contributed by atoms with van der Waals surface area (Å²) in [7, 11) is 0. The van der Waals surface area contributed by atoms with E-state index in [1.807, 2.05) is 10.8 Å². The fourth-order valence-electron chi connectivity index (χ4n) is 3.27. The first-order valence-electron chi connectivity index (χ1n) is 8.12. The van der Waals surface area contributed by atoms with Crippen LogP contribution in [-0.4, -0.2) is 33.2 Å². The fourth-order valence-corrected chi connectivity index (χ4v) is 3.27. The number of rotatable bonds is 7. The van der Waals surface area contributed by atoms with Crippen molar-refractivity contribution in [2.45, 2.75) is 64.0 Å². The van der Waals surface area contributed by atoms with Gasteiger partial charge in [0.2, 0.25) is 5.91 Å². The molecule has 1 aliphatic rings. The Hall–Kier alpha value is -1.36. The second-order valence-corrected chi connectivity index (χ2v) is 6.06. The van der Waals surface area contributed by atoms with Crippen LogP contribution in [0.25, 0.3) is 0 Å². The molecule has 21 heavy (non-hydrogen) atoms. The number of carbonyl (C=O) groups is 1. The normalized spacial score (nSPS) is 23.7. The van der Waals surface area contributed by atoms with Crippen LogP contribution in [0.5, 0.6) is 0 Å². The summed E-state index contributed by atoms with van der Waals surface area (Å²) in [6.45, 7) is 2.30. The van der Waals surface area contributed by atoms with E-state index in [9.17, 15) is 9.90 Å². The molecule has 1 heterocycles. The summed E-state index contributed by atoms with van der Waals surface area (Å²) in [6, 6.07) is 0.315. The number of carbonyl (C=O) groups excluding carboxylic acids is 1. The van der Waals surface area contributed by atoms with Crippen molar-refractivity contribution in [1.82, 2.24) is 14.9 Å². The van der Waals surface area contributed by atoms with Crippen LogP contribution in [0.15, 0.2) is 18.7 Å². The predicted octanol–water partition coefficient (Wildman–Crippen LogP) is 2.28. The van der Waals surface area contributed by atoms with Crippen LogP contribution in [0, 0.1) is 5.92 Å². The highest BCUT2D eigenvalue weighted by molar-refractivity contribution is 5.76. The molecule has 0 saturated heterocycles. The zero-order valence-electron chi connectivity index (χ0n) is 12.9. The predicted molar refractivity (Wildman–Crippen MR) is 81.8 cm³/mol. The molecular weight excluding hydrogens is 266 g/mol. The Bertz CT molecular complexity index is 419. The molecule has 0 radical (unpaired) electrons. The Morgan fingerprint density at radius 3 is 2.95 bits per heavy atom. The zero-order chi connectivity index (χ0) is 15.1. The SMILES string of the molecule is CCCC(CC(=O)NC1CCCCC1CO)n1ccnc1. The Morgan fingerprint density at radius 1 is 1.48 bits per heavy atom. The van der Waals surface area contributed by atoms with E-state index < -0.39 is 0 Å². The third kappa shape index (κ3) is 4.56. The molecule has 5 nitrogen and oxygen atoms in total. The van der Waals surface area contributed by atoms with Gasteiger partial charge in [-0.2, -0.15) is 0 Å². The zero-order valence-corrected chi connectivity index (χ0v) is 12.9. The Morgan fingerprint density at radius 2 is 2.29 bits per heavy atom. The van der Waals surface area contributed by atoms with Gasteiger partial charge in [0.1, 0.15) is 0 Å². The van der Waals surface area contributed by atoms with Crippen molar-refractivity contribution in [2.75, 3.05) is 6.61 Å². The third-order valence-electron chi connectivity index (χ3n) is 4.48. The van der Waals surface area contributed by atoms with E-state index in [2.05, 4.69) is 17.2 Å². The molecule has 1 fully saturated rings. The second kappa shape index (κ2) is 8.17. The summed E-state index contributed by atoms with van der Waals surface area (Å²) in [5, 5.41) is 12.6. The first kappa shape index (κ1) is 16.0. The molecule has 0 aliphatic heterocycles. The summed E-state index contributed by atoms with van der Waals surface area (Å²) in [5.74, 6) is 0.313. The molecule has 2 N–H and O–H groups in total. The van der Waals surface area contributed by atoms with Crippen LogP contribution in [0.2, 0.25) is 0 Å². The smallest absolute Gasteiger partial charge is 0.222 e. The van der Waals surface area contributed by atoms with Crippen LogP contribution >= 0.6 is 0 Å². The Labute approximate surface area is 126 Å². The second-order valence-electron chi connectivity index (χ2n) is 6.06. The number of nitrogens with one attached hydrogen (secondary N) is 1. The van der Waals surface area contributed by atoms with Crippen LogP contribution in [0.4, 0.5) is 0 Å². The molecule has 0 bridgehead atoms. The Balaban J connectivity index is 1.89. The molecule has 1 saturated carbocycles. The maximum Gasteiger partial charge on any atom is 0.222 e. The monoisotopic (exact) mass is 293 g/mol. The molecular formula is C16H27N3O2. The van der Waals surface area contributed by atoms with Gasteiger partial charge in [-0.1, -0.05) is 26.2 Å². The van der Waals surface area contributed by atoms with Gasteiger partial charge in [0.15, 0.2) is 0 Å². The van der Waals surface area contributed by atoms with Crippen molar-refractivity contribution in [3.8, 4) is 0 Å². The van der Waals surface area contributed by atoms with E-state index in [-0.39, 0.29) is 30.5 Å². The average Bonchev–Trinajstić information content (AvgIpc) is 3.01. The maximum atomic E-state index is 12.3. The molecule has 1 aliphatic carbocycles. The number of amides is 1. The summed E-state index contributed by atoms with van der Waals surface area (Å²) < 4.78 is 2.02. The number of aromatic nitrogens is 2. The fraction of sp³-hybridized carbons (Fsp3) is 0.750. The van der Waals surface area contributed by atoms with Crippen molar-refractivity contribution < 1.29 is 9.90 Å². The number of imidazole rings is 1. The topological polar surface area (TPSA) is 67.2 Å². The highest BCUT2D eigenvalue weighted by atomic mass is 16.3. The molecule has 1 aromatic rings. The first-order chi connectivity index (χ1) is 10.2. The van der Waals surface area contributed by atoms with Crippen molar-refractivity contribution in [3.63, 3.8) is 0 Å². The van der Waals surface area contributed by atoms with Gasteiger partial charge < -0.3 is 15.0 Å². The molecule has 1 aromatic heterocycles. The lowest BCUT2D eigenvalue weighted by molar-refractivity contribution is -0.123. The standard InChI is InChI=1S/C16H27N3O2/c1-2-5-14(19-9-8-17-12-19)10-16(21)18-15-7-4-3-6-13(15)11-20/h8-9,12-15,20H,2-7,10-11H2,1H3,(H,18,21). The van der Waals surface area contributed by atoms with E-state index in [4.69, 9.17) is 0 Å². The van der Waals surface area contributed by atoms with Gasteiger partial charge in [0.05, 0.1) is 6.33 Å². The minimum absolute atomic E-state index is 0.0903. The van der Waals surface area contributed by atoms with E-state index in [1.54, 1.807) is 12.5 Å². The third-order valence-corrected chi connectivity index (χ3v) is 4.48. The van der Waals surface area contributed by atoms with Gasteiger partial charge in [0.25, 0.3) is 0 Å². The molecule has 0 spiro atoms. The number of aliphatic hydroxyl groups is 1. The minimum atomic E-state index is 0.0903. The number of hydrogen-bond acceptors (Lipinski definition) is 3. The van der Waals surface area contributed by atoms with Gasteiger partial charge >= 0.3 is 0 Å². The highest BCUT2D eigenvalue weighted by Gasteiger charge is 2.26. The highest BCUT2D eigenvalue weighted by Crippen LogP contribution is 2.25. The lowest BCUT2D eigenvalue weighted by Gasteiger charge is -2.31. The Kier molecular flexibility index (Phi) is 6.23.